The Bertz CT molecular complexity index is 789. The Labute approximate surface area is 154 Å². The van der Waals surface area contributed by atoms with E-state index in [1.807, 2.05) is 6.26 Å². The first kappa shape index (κ1) is 18.4. The molecule has 1 unspecified atom stereocenters. The van der Waals surface area contributed by atoms with E-state index >= 15 is 0 Å². The van der Waals surface area contributed by atoms with Gasteiger partial charge in [-0.3, -0.25) is 19.1 Å². The summed E-state index contributed by atoms with van der Waals surface area (Å²) in [5.41, 5.74) is 1.12. The molecule has 0 aliphatic carbocycles. The SMILES string of the molecule is CSNCC(=O)N1CCCC1C(=O)NCC(=O)c1nc2ccccc2o1. The molecule has 2 aromatic rings. The van der Waals surface area contributed by atoms with Crippen molar-refractivity contribution in [1.29, 1.82) is 0 Å². The number of nitrogens with zero attached hydrogens (tertiary/aromatic N) is 2. The van der Waals surface area contributed by atoms with E-state index in [-0.39, 0.29) is 30.8 Å². The topological polar surface area (TPSA) is 105 Å². The number of fused-ring (bicyclic) bond motifs is 1. The quantitative estimate of drug-likeness (QED) is 0.548. The van der Waals surface area contributed by atoms with Crippen molar-refractivity contribution in [2.75, 3.05) is 25.9 Å². The summed E-state index contributed by atoms with van der Waals surface area (Å²) in [5.74, 6) is -0.892. The molecule has 2 heterocycles. The van der Waals surface area contributed by atoms with E-state index in [4.69, 9.17) is 4.42 Å². The summed E-state index contributed by atoms with van der Waals surface area (Å²) in [6.07, 6.45) is 3.19. The van der Waals surface area contributed by atoms with Crippen LogP contribution >= 0.6 is 11.9 Å². The van der Waals surface area contributed by atoms with Gasteiger partial charge in [-0.05, 0) is 31.2 Å². The number of para-hydroxylation sites is 2. The summed E-state index contributed by atoms with van der Waals surface area (Å²) < 4.78 is 8.29. The van der Waals surface area contributed by atoms with Gasteiger partial charge in [-0.25, -0.2) is 4.98 Å². The van der Waals surface area contributed by atoms with E-state index in [9.17, 15) is 14.4 Å². The van der Waals surface area contributed by atoms with Gasteiger partial charge < -0.3 is 14.6 Å². The molecule has 9 heteroatoms. The van der Waals surface area contributed by atoms with Crippen LogP contribution in [0.4, 0.5) is 0 Å². The van der Waals surface area contributed by atoms with Crippen molar-refractivity contribution in [3.05, 3.63) is 30.2 Å². The van der Waals surface area contributed by atoms with Crippen molar-refractivity contribution in [3.63, 3.8) is 0 Å². The van der Waals surface area contributed by atoms with Gasteiger partial charge >= 0.3 is 0 Å². The maximum Gasteiger partial charge on any atom is 0.266 e. The molecule has 1 aliphatic heterocycles. The number of hydrogen-bond acceptors (Lipinski definition) is 7. The Balaban J connectivity index is 1.57. The number of carbonyl (C=O) groups is 3. The van der Waals surface area contributed by atoms with E-state index < -0.39 is 11.8 Å². The highest BCUT2D eigenvalue weighted by Crippen LogP contribution is 2.18. The van der Waals surface area contributed by atoms with Crippen LogP contribution in [0.5, 0.6) is 0 Å². The second-order valence-electron chi connectivity index (χ2n) is 5.90. The van der Waals surface area contributed by atoms with Crippen molar-refractivity contribution in [3.8, 4) is 0 Å². The summed E-state index contributed by atoms with van der Waals surface area (Å²) in [4.78, 5) is 42.5. The first-order valence-electron chi connectivity index (χ1n) is 8.32. The van der Waals surface area contributed by atoms with Crippen molar-refractivity contribution >= 4 is 40.6 Å². The van der Waals surface area contributed by atoms with Crippen molar-refractivity contribution in [2.24, 2.45) is 0 Å². The molecule has 0 saturated carbocycles. The van der Waals surface area contributed by atoms with Crippen LogP contribution in [0.1, 0.15) is 23.5 Å². The second kappa shape index (κ2) is 8.33. The molecular weight excluding hydrogens is 356 g/mol. The van der Waals surface area contributed by atoms with Gasteiger partial charge in [0.2, 0.25) is 17.6 Å². The Morgan fingerprint density at radius 1 is 1.31 bits per heavy atom. The lowest BCUT2D eigenvalue weighted by Crippen LogP contribution is -2.48. The first-order chi connectivity index (χ1) is 12.6. The lowest BCUT2D eigenvalue weighted by Gasteiger charge is -2.23. The fourth-order valence-corrected chi connectivity index (χ4v) is 3.19. The van der Waals surface area contributed by atoms with Crippen molar-refractivity contribution in [2.45, 2.75) is 18.9 Å². The Morgan fingerprint density at radius 2 is 2.12 bits per heavy atom. The number of likely N-dealkylation sites (tertiary alicyclic amines) is 1. The summed E-state index contributed by atoms with van der Waals surface area (Å²) in [7, 11) is 0. The standard InChI is InChI=1S/C17H20N4O4S/c1-26-19-10-15(23)21-8-4-6-12(21)16(24)18-9-13(22)17-20-11-5-2-3-7-14(11)25-17/h2-3,5,7,12,19H,4,6,8-10H2,1H3,(H,18,24). The smallest absolute Gasteiger partial charge is 0.266 e. The largest absolute Gasteiger partial charge is 0.434 e. The third kappa shape index (κ3) is 4.05. The predicted molar refractivity (Wildman–Crippen MR) is 97.6 cm³/mol. The molecule has 1 aromatic carbocycles. The summed E-state index contributed by atoms with van der Waals surface area (Å²) in [6.45, 7) is 0.506. The van der Waals surface area contributed by atoms with Crippen molar-refractivity contribution in [1.82, 2.24) is 19.9 Å². The number of benzene rings is 1. The van der Waals surface area contributed by atoms with Crippen LogP contribution in [0.15, 0.2) is 28.7 Å². The molecule has 1 atom stereocenters. The number of hydrogen-bond donors (Lipinski definition) is 2. The van der Waals surface area contributed by atoms with Crippen LogP contribution in [-0.2, 0) is 9.59 Å². The van der Waals surface area contributed by atoms with Gasteiger partial charge in [-0.15, -0.1) is 0 Å². The highest BCUT2D eigenvalue weighted by Gasteiger charge is 2.34. The van der Waals surface area contributed by atoms with Gasteiger partial charge in [0.05, 0.1) is 13.1 Å². The third-order valence-corrected chi connectivity index (χ3v) is 4.63. The number of carbonyl (C=O) groups excluding carboxylic acids is 3. The van der Waals surface area contributed by atoms with E-state index in [0.717, 1.165) is 6.42 Å². The minimum absolute atomic E-state index is 0.0324. The van der Waals surface area contributed by atoms with Crippen LogP contribution < -0.4 is 10.0 Å². The minimum Gasteiger partial charge on any atom is -0.434 e. The molecule has 2 N–H and O–H groups in total. The molecule has 2 amide bonds. The number of rotatable bonds is 7. The van der Waals surface area contributed by atoms with Gasteiger partial charge in [0, 0.05) is 6.54 Å². The molecule has 1 saturated heterocycles. The fourth-order valence-electron chi connectivity index (χ4n) is 2.93. The normalized spacial score (nSPS) is 16.8. The predicted octanol–water partition coefficient (Wildman–Crippen LogP) is 0.985. The molecule has 1 aromatic heterocycles. The molecule has 1 fully saturated rings. The Morgan fingerprint density at radius 3 is 2.88 bits per heavy atom. The van der Waals surface area contributed by atoms with Gasteiger partial charge in [0.25, 0.3) is 5.89 Å². The minimum atomic E-state index is -0.539. The van der Waals surface area contributed by atoms with Crippen molar-refractivity contribution < 1.29 is 18.8 Å². The summed E-state index contributed by atoms with van der Waals surface area (Å²) >= 11 is 1.35. The summed E-state index contributed by atoms with van der Waals surface area (Å²) in [5, 5.41) is 2.60. The average Bonchev–Trinajstić information content (AvgIpc) is 3.30. The molecule has 3 rings (SSSR count). The van der Waals surface area contributed by atoms with E-state index in [1.54, 1.807) is 29.2 Å². The molecule has 0 spiro atoms. The Kier molecular flexibility index (Phi) is 5.89. The average molecular weight is 376 g/mol. The number of oxazole rings is 1. The molecule has 1 aliphatic rings. The Hall–Kier alpha value is -2.39. The second-order valence-corrected chi connectivity index (χ2v) is 6.60. The maximum absolute atomic E-state index is 12.4. The van der Waals surface area contributed by atoms with E-state index in [0.29, 0.717) is 24.1 Å². The van der Waals surface area contributed by atoms with Crippen LogP contribution in [-0.4, -0.2) is 59.4 Å². The zero-order chi connectivity index (χ0) is 18.5. The fraction of sp³-hybridized carbons (Fsp3) is 0.412. The van der Waals surface area contributed by atoms with Crippen LogP contribution in [0.25, 0.3) is 11.1 Å². The number of amides is 2. The van der Waals surface area contributed by atoms with E-state index in [2.05, 4.69) is 15.0 Å². The molecule has 138 valence electrons. The molecule has 8 nitrogen and oxygen atoms in total. The zero-order valence-electron chi connectivity index (χ0n) is 14.4. The van der Waals surface area contributed by atoms with Gasteiger partial charge in [0.1, 0.15) is 11.6 Å². The van der Waals surface area contributed by atoms with Crippen LogP contribution in [0.3, 0.4) is 0 Å². The lowest BCUT2D eigenvalue weighted by molar-refractivity contribution is -0.137. The van der Waals surface area contributed by atoms with Crippen LogP contribution in [0, 0.1) is 0 Å². The third-order valence-electron chi connectivity index (χ3n) is 4.20. The molecular formula is C17H20N4O4S. The maximum atomic E-state index is 12.4. The number of aromatic nitrogens is 1. The molecule has 26 heavy (non-hydrogen) atoms. The van der Waals surface area contributed by atoms with Gasteiger partial charge in [-0.2, -0.15) is 0 Å². The molecule has 0 radical (unpaired) electrons. The van der Waals surface area contributed by atoms with Gasteiger partial charge in [0.15, 0.2) is 5.58 Å². The highest BCUT2D eigenvalue weighted by atomic mass is 32.2. The number of nitrogens with one attached hydrogen (secondary N) is 2. The zero-order valence-corrected chi connectivity index (χ0v) is 15.2. The molecule has 0 bridgehead atoms. The highest BCUT2D eigenvalue weighted by molar-refractivity contribution is 7.96. The monoisotopic (exact) mass is 376 g/mol. The van der Waals surface area contributed by atoms with Crippen LogP contribution in [0.2, 0.25) is 0 Å². The summed E-state index contributed by atoms with van der Waals surface area (Å²) in [6, 6.07) is 6.53. The number of Topliss-reactive ketones (excluding diaryl/α,β-unsaturated/α-hetero) is 1. The van der Waals surface area contributed by atoms with Gasteiger partial charge in [-0.1, -0.05) is 24.1 Å². The first-order valence-corrected chi connectivity index (χ1v) is 9.54. The lowest BCUT2D eigenvalue weighted by atomic mass is 10.2. The number of ketones is 1. The van der Waals surface area contributed by atoms with E-state index in [1.165, 1.54) is 11.9 Å².